The molecule has 0 amide bonds. The van der Waals surface area contributed by atoms with E-state index in [1.807, 2.05) is 0 Å². The highest BCUT2D eigenvalue weighted by molar-refractivity contribution is 4.63. The molecular weight excluding hydrogens is 146 g/mol. The molecule has 0 saturated heterocycles. The van der Waals surface area contributed by atoms with Crippen LogP contribution >= 0.6 is 0 Å². The molecular formula is C11H25N. The number of rotatable bonds is 7. The van der Waals surface area contributed by atoms with E-state index in [0.29, 0.717) is 0 Å². The lowest BCUT2D eigenvalue weighted by Crippen LogP contribution is -2.26. The second kappa shape index (κ2) is 7.60. The van der Waals surface area contributed by atoms with E-state index < -0.39 is 0 Å². The van der Waals surface area contributed by atoms with E-state index in [0.717, 1.165) is 6.04 Å². The van der Waals surface area contributed by atoms with E-state index in [2.05, 4.69) is 32.8 Å². The Balaban J connectivity index is 3.32. The molecule has 74 valence electrons. The van der Waals surface area contributed by atoms with Crippen molar-refractivity contribution in [1.82, 2.24) is 4.90 Å². The molecule has 0 saturated carbocycles. The zero-order chi connectivity index (χ0) is 9.40. The summed E-state index contributed by atoms with van der Waals surface area (Å²) in [5.41, 5.74) is 0. The zero-order valence-electron chi connectivity index (χ0n) is 9.27. The van der Waals surface area contributed by atoms with Gasteiger partial charge in [-0.1, -0.05) is 39.5 Å². The Morgan fingerprint density at radius 2 is 1.67 bits per heavy atom. The lowest BCUT2D eigenvalue weighted by Gasteiger charge is -2.22. The molecule has 0 aliphatic carbocycles. The molecule has 0 spiro atoms. The number of hydrogen-bond donors (Lipinski definition) is 0. The van der Waals surface area contributed by atoms with Crippen molar-refractivity contribution >= 4 is 0 Å². The van der Waals surface area contributed by atoms with Gasteiger partial charge in [0.25, 0.3) is 0 Å². The maximum atomic E-state index is 2.35. The van der Waals surface area contributed by atoms with Gasteiger partial charge in [0.15, 0.2) is 0 Å². The number of hydrogen-bond acceptors (Lipinski definition) is 1. The molecule has 0 unspecified atom stereocenters. The van der Waals surface area contributed by atoms with Crippen LogP contribution in [-0.4, -0.2) is 25.0 Å². The van der Waals surface area contributed by atoms with Crippen LogP contribution < -0.4 is 0 Å². The summed E-state index contributed by atoms with van der Waals surface area (Å²) in [4.78, 5) is 2.35. The van der Waals surface area contributed by atoms with E-state index in [1.54, 1.807) is 0 Å². The molecule has 1 heteroatoms. The second-order valence-electron chi connectivity index (χ2n) is 3.88. The minimum Gasteiger partial charge on any atom is -0.306 e. The molecule has 1 atom stereocenters. The van der Waals surface area contributed by atoms with E-state index >= 15 is 0 Å². The molecule has 0 rings (SSSR count). The summed E-state index contributed by atoms with van der Waals surface area (Å²) in [6.07, 6.45) is 8.25. The van der Waals surface area contributed by atoms with E-state index in [9.17, 15) is 0 Å². The summed E-state index contributed by atoms with van der Waals surface area (Å²) in [7, 11) is 4.38. The zero-order valence-corrected chi connectivity index (χ0v) is 9.27. The van der Waals surface area contributed by atoms with Crippen LogP contribution in [0.25, 0.3) is 0 Å². The van der Waals surface area contributed by atoms with E-state index in [-0.39, 0.29) is 0 Å². The average molecular weight is 171 g/mol. The first-order chi connectivity index (χ1) is 5.72. The summed E-state index contributed by atoms with van der Waals surface area (Å²) in [5.74, 6) is 0. The van der Waals surface area contributed by atoms with Crippen molar-refractivity contribution in [3.8, 4) is 0 Å². The summed E-state index contributed by atoms with van der Waals surface area (Å²) < 4.78 is 0. The molecule has 0 heterocycles. The smallest absolute Gasteiger partial charge is 0.00865 e. The fourth-order valence-electron chi connectivity index (χ4n) is 1.63. The van der Waals surface area contributed by atoms with Gasteiger partial charge in [-0.15, -0.1) is 0 Å². The highest BCUT2D eigenvalue weighted by Crippen LogP contribution is 2.10. The maximum absolute atomic E-state index is 2.35. The fourth-order valence-corrected chi connectivity index (χ4v) is 1.63. The molecule has 0 aromatic rings. The van der Waals surface area contributed by atoms with Crippen molar-refractivity contribution in [1.29, 1.82) is 0 Å². The minimum atomic E-state index is 0.807. The molecule has 0 radical (unpaired) electrons. The molecule has 12 heavy (non-hydrogen) atoms. The normalized spacial score (nSPS) is 13.8. The Hall–Kier alpha value is -0.0400. The van der Waals surface area contributed by atoms with Gasteiger partial charge in [0.05, 0.1) is 0 Å². The third kappa shape index (κ3) is 5.59. The Kier molecular flexibility index (Phi) is 7.58. The highest BCUT2D eigenvalue weighted by atomic mass is 15.1. The molecule has 0 aromatic carbocycles. The topological polar surface area (TPSA) is 3.24 Å². The Morgan fingerprint density at radius 1 is 1.00 bits per heavy atom. The first kappa shape index (κ1) is 12.0. The lowest BCUT2D eigenvalue weighted by molar-refractivity contribution is 0.265. The Labute approximate surface area is 78.1 Å². The van der Waals surface area contributed by atoms with Crippen molar-refractivity contribution in [3.05, 3.63) is 0 Å². The SMILES string of the molecule is CCCCCC[C@@H](CC)N(C)C. The molecule has 0 aromatic heterocycles. The van der Waals surface area contributed by atoms with Gasteiger partial charge in [-0.3, -0.25) is 0 Å². The molecule has 0 aliphatic heterocycles. The minimum absolute atomic E-state index is 0.807. The van der Waals surface area contributed by atoms with Crippen molar-refractivity contribution < 1.29 is 0 Å². The predicted molar refractivity (Wildman–Crippen MR) is 56.5 cm³/mol. The molecule has 0 bridgehead atoms. The van der Waals surface area contributed by atoms with Gasteiger partial charge in [-0.25, -0.2) is 0 Å². The van der Waals surface area contributed by atoms with Crippen LogP contribution in [0.1, 0.15) is 52.4 Å². The second-order valence-corrected chi connectivity index (χ2v) is 3.88. The van der Waals surface area contributed by atoms with Gasteiger partial charge in [0.1, 0.15) is 0 Å². The summed E-state index contributed by atoms with van der Waals surface area (Å²) in [5, 5.41) is 0. The monoisotopic (exact) mass is 171 g/mol. The van der Waals surface area contributed by atoms with E-state index in [1.165, 1.54) is 38.5 Å². The van der Waals surface area contributed by atoms with Crippen LogP contribution in [0.3, 0.4) is 0 Å². The maximum Gasteiger partial charge on any atom is 0.00865 e. The van der Waals surface area contributed by atoms with Crippen LogP contribution in [0, 0.1) is 0 Å². The van der Waals surface area contributed by atoms with Gasteiger partial charge >= 0.3 is 0 Å². The van der Waals surface area contributed by atoms with Crippen LogP contribution in [0.4, 0.5) is 0 Å². The Morgan fingerprint density at radius 3 is 2.08 bits per heavy atom. The van der Waals surface area contributed by atoms with Gasteiger partial charge in [0, 0.05) is 6.04 Å². The fraction of sp³-hybridized carbons (Fsp3) is 1.00. The quantitative estimate of drug-likeness (QED) is 0.531. The van der Waals surface area contributed by atoms with Gasteiger partial charge < -0.3 is 4.90 Å². The number of nitrogens with zero attached hydrogens (tertiary/aromatic N) is 1. The van der Waals surface area contributed by atoms with Gasteiger partial charge in [0.2, 0.25) is 0 Å². The van der Waals surface area contributed by atoms with Crippen molar-refractivity contribution in [3.63, 3.8) is 0 Å². The van der Waals surface area contributed by atoms with Gasteiger partial charge in [-0.2, -0.15) is 0 Å². The third-order valence-corrected chi connectivity index (χ3v) is 2.59. The van der Waals surface area contributed by atoms with Gasteiger partial charge in [-0.05, 0) is 26.9 Å². The number of unbranched alkanes of at least 4 members (excludes halogenated alkanes) is 3. The molecule has 1 nitrogen and oxygen atoms in total. The van der Waals surface area contributed by atoms with Crippen LogP contribution in [0.5, 0.6) is 0 Å². The first-order valence-electron chi connectivity index (χ1n) is 5.38. The summed E-state index contributed by atoms with van der Waals surface area (Å²) in [6, 6.07) is 0.807. The largest absolute Gasteiger partial charge is 0.306 e. The molecule has 0 aliphatic rings. The molecule has 0 fully saturated rings. The third-order valence-electron chi connectivity index (χ3n) is 2.59. The van der Waals surface area contributed by atoms with Crippen LogP contribution in [0.2, 0.25) is 0 Å². The predicted octanol–water partition coefficient (Wildman–Crippen LogP) is 3.30. The standard InChI is InChI=1S/C11H25N/c1-5-7-8-9-10-11(6-2)12(3)4/h11H,5-10H2,1-4H3/t11-/m1/s1. The van der Waals surface area contributed by atoms with Crippen molar-refractivity contribution in [2.24, 2.45) is 0 Å². The lowest BCUT2D eigenvalue weighted by atomic mass is 10.0. The highest BCUT2D eigenvalue weighted by Gasteiger charge is 2.06. The van der Waals surface area contributed by atoms with Crippen LogP contribution in [0.15, 0.2) is 0 Å². The van der Waals surface area contributed by atoms with E-state index in [4.69, 9.17) is 0 Å². The van der Waals surface area contributed by atoms with Crippen molar-refractivity contribution in [2.75, 3.05) is 14.1 Å². The molecule has 0 N–H and O–H groups in total. The first-order valence-corrected chi connectivity index (χ1v) is 5.38. The Bertz CT molecular complexity index is 89.0. The van der Waals surface area contributed by atoms with Crippen LogP contribution in [-0.2, 0) is 0 Å². The van der Waals surface area contributed by atoms with Crippen molar-refractivity contribution in [2.45, 2.75) is 58.4 Å². The summed E-state index contributed by atoms with van der Waals surface area (Å²) in [6.45, 7) is 4.55. The summed E-state index contributed by atoms with van der Waals surface area (Å²) >= 11 is 0. The average Bonchev–Trinajstić information content (AvgIpc) is 2.04.